The number of carboxylic acid groups (broad SMARTS) is 1. The Morgan fingerprint density at radius 3 is 2.60 bits per heavy atom. The highest BCUT2D eigenvalue weighted by molar-refractivity contribution is 7.92. The lowest BCUT2D eigenvalue weighted by molar-refractivity contribution is 0.0701. The molecule has 1 aromatic heterocycles. The van der Waals surface area contributed by atoms with E-state index in [9.17, 15) is 13.2 Å². The Labute approximate surface area is 91.0 Å². The van der Waals surface area contributed by atoms with Crippen LogP contribution in [0.5, 0.6) is 0 Å². The van der Waals surface area contributed by atoms with Crippen molar-refractivity contribution in [1.82, 2.24) is 4.98 Å². The van der Waals surface area contributed by atoms with E-state index < -0.39 is 16.0 Å². The lowest BCUT2D eigenvalue weighted by atomic mass is 10.4. The highest BCUT2D eigenvalue weighted by Crippen LogP contribution is 2.23. The second kappa shape index (κ2) is 4.15. The van der Waals surface area contributed by atoms with Crippen molar-refractivity contribution >= 4 is 32.5 Å². The van der Waals surface area contributed by atoms with Gasteiger partial charge in [-0.05, 0) is 13.8 Å². The predicted octanol–water partition coefficient (Wildman–Crippen LogP) is 0.911. The van der Waals surface area contributed by atoms with E-state index >= 15 is 0 Å². The third kappa shape index (κ3) is 2.90. The molecule has 0 bridgehead atoms. The van der Waals surface area contributed by atoms with Crippen molar-refractivity contribution in [3.63, 3.8) is 0 Å². The number of carboxylic acids is 1. The van der Waals surface area contributed by atoms with Gasteiger partial charge >= 0.3 is 5.97 Å². The van der Waals surface area contributed by atoms with Gasteiger partial charge in [0.2, 0.25) is 10.0 Å². The number of sulfonamides is 1. The maximum Gasteiger partial charge on any atom is 0.347 e. The van der Waals surface area contributed by atoms with E-state index in [1.54, 1.807) is 0 Å². The summed E-state index contributed by atoms with van der Waals surface area (Å²) in [6.45, 7) is 3.00. The number of hydrogen-bond acceptors (Lipinski definition) is 5. The zero-order valence-corrected chi connectivity index (χ0v) is 9.78. The van der Waals surface area contributed by atoms with Gasteiger partial charge in [0.05, 0.1) is 11.4 Å². The van der Waals surface area contributed by atoms with Crippen molar-refractivity contribution in [2.75, 3.05) is 10.5 Å². The SMILES string of the molecule is CCS(=O)(=O)Nc1nc(C)c(C(=O)O)s1. The highest BCUT2D eigenvalue weighted by atomic mass is 32.2. The molecule has 0 aromatic carbocycles. The van der Waals surface area contributed by atoms with E-state index in [1.807, 2.05) is 0 Å². The summed E-state index contributed by atoms with van der Waals surface area (Å²) in [5.41, 5.74) is 0.307. The average Bonchev–Trinajstić information content (AvgIpc) is 2.46. The molecule has 1 heterocycles. The summed E-state index contributed by atoms with van der Waals surface area (Å²) in [6, 6.07) is 0. The van der Waals surface area contributed by atoms with Gasteiger partial charge in [0.15, 0.2) is 5.13 Å². The number of carbonyl (C=O) groups is 1. The molecule has 0 saturated heterocycles. The smallest absolute Gasteiger partial charge is 0.347 e. The molecule has 8 heteroatoms. The zero-order chi connectivity index (χ0) is 11.6. The largest absolute Gasteiger partial charge is 0.477 e. The number of aromatic carboxylic acids is 1. The Bertz CT molecular complexity index is 477. The first-order chi connectivity index (χ1) is 6.85. The van der Waals surface area contributed by atoms with Gasteiger partial charge in [-0.25, -0.2) is 18.2 Å². The first-order valence-corrected chi connectivity index (χ1v) is 6.54. The summed E-state index contributed by atoms with van der Waals surface area (Å²) >= 11 is 0.809. The fourth-order valence-electron chi connectivity index (χ4n) is 0.844. The number of nitrogens with zero attached hydrogens (tertiary/aromatic N) is 1. The zero-order valence-electron chi connectivity index (χ0n) is 8.14. The Balaban J connectivity index is 2.99. The maximum absolute atomic E-state index is 11.2. The van der Waals surface area contributed by atoms with Crippen molar-refractivity contribution in [3.05, 3.63) is 10.6 Å². The molecule has 0 aliphatic heterocycles. The summed E-state index contributed by atoms with van der Waals surface area (Å²) in [7, 11) is -3.40. The van der Waals surface area contributed by atoms with Gasteiger partial charge in [0.1, 0.15) is 4.88 Å². The summed E-state index contributed by atoms with van der Waals surface area (Å²) in [6.07, 6.45) is 0. The molecule has 15 heavy (non-hydrogen) atoms. The van der Waals surface area contributed by atoms with Crippen molar-refractivity contribution < 1.29 is 18.3 Å². The summed E-state index contributed by atoms with van der Waals surface area (Å²) in [4.78, 5) is 14.5. The monoisotopic (exact) mass is 250 g/mol. The number of thiazole rings is 1. The molecule has 6 nitrogen and oxygen atoms in total. The minimum Gasteiger partial charge on any atom is -0.477 e. The average molecular weight is 250 g/mol. The van der Waals surface area contributed by atoms with Gasteiger partial charge in [-0.15, -0.1) is 0 Å². The number of rotatable bonds is 4. The van der Waals surface area contributed by atoms with Gasteiger partial charge in [0, 0.05) is 0 Å². The molecule has 0 amide bonds. The maximum atomic E-state index is 11.2. The molecule has 0 unspecified atom stereocenters. The highest BCUT2D eigenvalue weighted by Gasteiger charge is 2.16. The van der Waals surface area contributed by atoms with Crippen LogP contribution in [-0.2, 0) is 10.0 Å². The topological polar surface area (TPSA) is 96.4 Å². The minimum atomic E-state index is -3.40. The van der Waals surface area contributed by atoms with Crippen molar-refractivity contribution in [3.8, 4) is 0 Å². The van der Waals surface area contributed by atoms with Crippen LogP contribution in [0.15, 0.2) is 0 Å². The van der Waals surface area contributed by atoms with Crippen LogP contribution in [0.25, 0.3) is 0 Å². The molecule has 0 aliphatic carbocycles. The van der Waals surface area contributed by atoms with E-state index in [1.165, 1.54) is 13.8 Å². The summed E-state index contributed by atoms with van der Waals surface area (Å²) < 4.78 is 24.5. The van der Waals surface area contributed by atoms with E-state index in [2.05, 4.69) is 9.71 Å². The lowest BCUT2D eigenvalue weighted by Gasteiger charge is -1.99. The van der Waals surface area contributed by atoms with Gasteiger partial charge in [0.25, 0.3) is 0 Å². The molecule has 0 aliphatic rings. The fourth-order valence-corrected chi connectivity index (χ4v) is 2.50. The number of nitrogens with one attached hydrogen (secondary N) is 1. The first-order valence-electron chi connectivity index (χ1n) is 4.07. The molecule has 0 atom stereocenters. The van der Waals surface area contributed by atoms with Crippen molar-refractivity contribution in [2.24, 2.45) is 0 Å². The Morgan fingerprint density at radius 2 is 2.20 bits per heavy atom. The van der Waals surface area contributed by atoms with Crippen molar-refractivity contribution in [2.45, 2.75) is 13.8 Å². The Hall–Kier alpha value is -1.15. The third-order valence-corrected chi connectivity index (χ3v) is 4.07. The summed E-state index contributed by atoms with van der Waals surface area (Å²) in [5.74, 6) is -1.18. The quantitative estimate of drug-likeness (QED) is 0.828. The second-order valence-corrected chi connectivity index (χ2v) is 5.75. The van der Waals surface area contributed by atoms with Crippen LogP contribution >= 0.6 is 11.3 Å². The third-order valence-electron chi connectivity index (χ3n) is 1.61. The number of hydrogen-bond donors (Lipinski definition) is 2. The minimum absolute atomic E-state index is 0.0452. The molecule has 0 spiro atoms. The standard InChI is InChI=1S/C7H10N2O4S2/c1-3-15(12,13)9-7-8-4(2)5(14-7)6(10)11/h3H2,1-2H3,(H,8,9)(H,10,11). The van der Waals surface area contributed by atoms with Crippen LogP contribution in [0.1, 0.15) is 22.3 Å². The molecule has 1 rings (SSSR count). The predicted molar refractivity (Wildman–Crippen MR) is 56.9 cm³/mol. The normalized spacial score (nSPS) is 11.3. The second-order valence-electron chi connectivity index (χ2n) is 2.74. The molecule has 0 radical (unpaired) electrons. The van der Waals surface area contributed by atoms with E-state index in [0.717, 1.165) is 11.3 Å². The van der Waals surface area contributed by atoms with Crippen LogP contribution in [0.4, 0.5) is 5.13 Å². The Kier molecular flexibility index (Phi) is 3.30. The van der Waals surface area contributed by atoms with Gasteiger partial charge < -0.3 is 5.11 Å². The number of aryl methyl sites for hydroxylation is 1. The molecule has 84 valence electrons. The van der Waals surface area contributed by atoms with Gasteiger partial charge in [-0.2, -0.15) is 0 Å². The molecular formula is C7H10N2O4S2. The number of aromatic nitrogens is 1. The van der Waals surface area contributed by atoms with Crippen LogP contribution in [-0.4, -0.2) is 30.2 Å². The fraction of sp³-hybridized carbons (Fsp3) is 0.429. The van der Waals surface area contributed by atoms with Gasteiger partial charge in [-0.1, -0.05) is 11.3 Å². The van der Waals surface area contributed by atoms with E-state index in [0.29, 0.717) is 5.69 Å². The van der Waals surface area contributed by atoms with Crippen LogP contribution in [0.2, 0.25) is 0 Å². The van der Waals surface area contributed by atoms with Crippen LogP contribution in [0, 0.1) is 6.92 Å². The molecule has 2 N–H and O–H groups in total. The molecular weight excluding hydrogens is 240 g/mol. The Morgan fingerprint density at radius 1 is 1.60 bits per heavy atom. The van der Waals surface area contributed by atoms with Gasteiger partial charge in [-0.3, -0.25) is 4.72 Å². The lowest BCUT2D eigenvalue weighted by Crippen LogP contribution is -2.14. The van der Waals surface area contributed by atoms with E-state index in [4.69, 9.17) is 5.11 Å². The molecule has 1 aromatic rings. The van der Waals surface area contributed by atoms with Crippen molar-refractivity contribution in [1.29, 1.82) is 0 Å². The number of anilines is 1. The molecule has 0 fully saturated rings. The molecule has 0 saturated carbocycles. The van der Waals surface area contributed by atoms with E-state index in [-0.39, 0.29) is 15.8 Å². The first kappa shape index (κ1) is 11.9. The van der Waals surface area contributed by atoms with Crippen LogP contribution < -0.4 is 4.72 Å². The van der Waals surface area contributed by atoms with Crippen LogP contribution in [0.3, 0.4) is 0 Å². The summed E-state index contributed by atoms with van der Waals surface area (Å²) in [5, 5.41) is 8.82.